The Kier molecular flexibility index (Phi) is 3.15. The number of hydrogen-bond donors (Lipinski definition) is 4. The number of aromatic nitrogens is 2. The van der Waals surface area contributed by atoms with Crippen LogP contribution in [0.25, 0.3) is 0 Å². The fraction of sp³-hybridized carbons (Fsp3) is 0.571. The van der Waals surface area contributed by atoms with Crippen LogP contribution in [0, 0.1) is 0 Å². The van der Waals surface area contributed by atoms with Crippen LogP contribution in [0.4, 0.5) is 11.5 Å². The number of nitrogen functional groups attached to an aromatic ring is 2. The molecule has 1 aromatic heterocycles. The van der Waals surface area contributed by atoms with Gasteiger partial charge in [-0.2, -0.15) is 0 Å². The lowest BCUT2D eigenvalue weighted by Gasteiger charge is -2.07. The Morgan fingerprint density at radius 2 is 2.21 bits per heavy atom. The average molecular weight is 202 g/mol. The largest absolute Gasteiger partial charge is 0.478 e. The van der Waals surface area contributed by atoms with Crippen LogP contribution < -0.4 is 16.2 Å². The molecule has 0 aliphatic rings. The predicted molar refractivity (Wildman–Crippen MR) is 50.7 cm³/mol. The molecule has 14 heavy (non-hydrogen) atoms. The van der Waals surface area contributed by atoms with Crippen LogP contribution in [-0.4, -0.2) is 39.8 Å². The minimum Gasteiger partial charge on any atom is -0.478 e. The Morgan fingerprint density at radius 1 is 1.57 bits per heavy atom. The van der Waals surface area contributed by atoms with Gasteiger partial charge in [0.2, 0.25) is 0 Å². The van der Waals surface area contributed by atoms with E-state index >= 15 is 0 Å². The van der Waals surface area contributed by atoms with Crippen molar-refractivity contribution in [3.63, 3.8) is 0 Å². The standard InChI is InChI=1S/C7H14N4O3/c1-14-7-5(8)6(9)11(10-7)2-4(13)3-12/h4,12-13H,2-3,8-9H2,1H3. The molecule has 0 aliphatic heterocycles. The van der Waals surface area contributed by atoms with Crippen LogP contribution in [0.2, 0.25) is 0 Å². The minimum atomic E-state index is -0.915. The van der Waals surface area contributed by atoms with Gasteiger partial charge in [-0.1, -0.05) is 0 Å². The van der Waals surface area contributed by atoms with Crippen molar-refractivity contribution in [1.29, 1.82) is 0 Å². The van der Waals surface area contributed by atoms with Gasteiger partial charge in [0.25, 0.3) is 5.88 Å². The molecule has 1 heterocycles. The molecule has 0 aromatic carbocycles. The Balaban J connectivity index is 2.87. The molecule has 1 aromatic rings. The number of methoxy groups -OCH3 is 1. The molecule has 0 fully saturated rings. The lowest BCUT2D eigenvalue weighted by Crippen LogP contribution is -2.21. The van der Waals surface area contributed by atoms with E-state index in [0.717, 1.165) is 0 Å². The van der Waals surface area contributed by atoms with Crippen molar-refractivity contribution in [2.24, 2.45) is 0 Å². The fourth-order valence-electron chi connectivity index (χ4n) is 1.01. The van der Waals surface area contributed by atoms with Crippen molar-refractivity contribution in [2.45, 2.75) is 12.6 Å². The van der Waals surface area contributed by atoms with Gasteiger partial charge in [0.1, 0.15) is 11.5 Å². The minimum absolute atomic E-state index is 0.0793. The van der Waals surface area contributed by atoms with Crippen molar-refractivity contribution in [3.8, 4) is 5.88 Å². The van der Waals surface area contributed by atoms with Gasteiger partial charge in [-0.3, -0.25) is 0 Å². The van der Waals surface area contributed by atoms with Gasteiger partial charge in [0, 0.05) is 0 Å². The summed E-state index contributed by atoms with van der Waals surface area (Å²) in [7, 11) is 1.42. The second-order valence-electron chi connectivity index (χ2n) is 2.83. The maximum Gasteiger partial charge on any atom is 0.258 e. The Bertz CT molecular complexity index is 312. The second kappa shape index (κ2) is 4.16. The number of ether oxygens (including phenoxy) is 1. The summed E-state index contributed by atoms with van der Waals surface area (Å²) >= 11 is 0. The highest BCUT2D eigenvalue weighted by atomic mass is 16.5. The summed E-state index contributed by atoms with van der Waals surface area (Å²) in [6.07, 6.45) is -0.915. The molecule has 0 aliphatic carbocycles. The topological polar surface area (TPSA) is 120 Å². The number of aliphatic hydroxyl groups excluding tert-OH is 2. The first-order chi connectivity index (χ1) is 6.60. The van der Waals surface area contributed by atoms with E-state index in [2.05, 4.69) is 5.10 Å². The van der Waals surface area contributed by atoms with Gasteiger partial charge >= 0.3 is 0 Å². The molecule has 0 saturated carbocycles. The van der Waals surface area contributed by atoms with Crippen LogP contribution in [0.15, 0.2) is 0 Å². The third kappa shape index (κ3) is 1.88. The van der Waals surface area contributed by atoms with E-state index < -0.39 is 6.10 Å². The van der Waals surface area contributed by atoms with Crippen molar-refractivity contribution in [3.05, 3.63) is 0 Å². The molecule has 7 heteroatoms. The van der Waals surface area contributed by atoms with E-state index in [4.69, 9.17) is 26.4 Å². The highest BCUT2D eigenvalue weighted by Crippen LogP contribution is 2.25. The van der Waals surface area contributed by atoms with E-state index in [1.165, 1.54) is 11.8 Å². The molecule has 0 amide bonds. The van der Waals surface area contributed by atoms with Crippen LogP contribution in [0.1, 0.15) is 0 Å². The molecule has 0 bridgehead atoms. The van der Waals surface area contributed by atoms with E-state index in [0.29, 0.717) is 0 Å². The molecule has 80 valence electrons. The number of anilines is 2. The molecule has 0 saturated heterocycles. The predicted octanol–water partition coefficient (Wildman–Crippen LogP) is -1.59. The molecular formula is C7H14N4O3. The molecule has 0 radical (unpaired) electrons. The number of aliphatic hydroxyl groups is 2. The molecule has 7 nitrogen and oxygen atoms in total. The number of nitrogens with zero attached hydrogens (tertiary/aromatic N) is 2. The van der Waals surface area contributed by atoms with Gasteiger partial charge in [-0.15, -0.1) is 5.10 Å². The molecular weight excluding hydrogens is 188 g/mol. The third-order valence-electron chi connectivity index (χ3n) is 1.78. The Hall–Kier alpha value is -1.47. The smallest absolute Gasteiger partial charge is 0.258 e. The first kappa shape index (κ1) is 10.6. The summed E-state index contributed by atoms with van der Waals surface area (Å²) in [6, 6.07) is 0. The van der Waals surface area contributed by atoms with E-state index in [9.17, 15) is 0 Å². The summed E-state index contributed by atoms with van der Waals surface area (Å²) < 4.78 is 6.13. The second-order valence-corrected chi connectivity index (χ2v) is 2.83. The lowest BCUT2D eigenvalue weighted by atomic mass is 10.4. The lowest BCUT2D eigenvalue weighted by molar-refractivity contribution is 0.0785. The van der Waals surface area contributed by atoms with Crippen molar-refractivity contribution in [1.82, 2.24) is 9.78 Å². The third-order valence-corrected chi connectivity index (χ3v) is 1.78. The first-order valence-electron chi connectivity index (χ1n) is 4.04. The van der Waals surface area contributed by atoms with Crippen molar-refractivity contribution < 1.29 is 14.9 Å². The summed E-state index contributed by atoms with van der Waals surface area (Å²) in [5.41, 5.74) is 11.4. The molecule has 1 unspecified atom stereocenters. The number of hydrogen-bond acceptors (Lipinski definition) is 6. The van der Waals surface area contributed by atoms with Gasteiger partial charge in [0.05, 0.1) is 26.4 Å². The first-order valence-corrected chi connectivity index (χ1v) is 4.04. The summed E-state index contributed by atoms with van der Waals surface area (Å²) in [5.74, 6) is 0.432. The van der Waals surface area contributed by atoms with Crippen molar-refractivity contribution >= 4 is 11.5 Å². The number of rotatable bonds is 4. The maximum atomic E-state index is 9.16. The highest BCUT2D eigenvalue weighted by molar-refractivity contribution is 5.65. The molecule has 1 atom stereocenters. The van der Waals surface area contributed by atoms with Crippen LogP contribution in [-0.2, 0) is 6.54 Å². The van der Waals surface area contributed by atoms with Gasteiger partial charge < -0.3 is 26.4 Å². The van der Waals surface area contributed by atoms with Gasteiger partial charge in [-0.25, -0.2) is 4.68 Å². The zero-order chi connectivity index (χ0) is 10.7. The molecule has 1 rings (SSSR count). The van der Waals surface area contributed by atoms with Gasteiger partial charge in [-0.05, 0) is 0 Å². The van der Waals surface area contributed by atoms with Gasteiger partial charge in [0.15, 0.2) is 0 Å². The maximum absolute atomic E-state index is 9.16. The molecule has 0 spiro atoms. The zero-order valence-electron chi connectivity index (χ0n) is 7.84. The summed E-state index contributed by atoms with van der Waals surface area (Å²) in [5, 5.41) is 21.7. The summed E-state index contributed by atoms with van der Waals surface area (Å²) in [4.78, 5) is 0. The quantitative estimate of drug-likeness (QED) is 0.467. The average Bonchev–Trinajstić information content (AvgIpc) is 2.45. The molecule has 6 N–H and O–H groups in total. The van der Waals surface area contributed by atoms with Crippen LogP contribution in [0.5, 0.6) is 5.88 Å². The SMILES string of the molecule is COc1nn(CC(O)CO)c(N)c1N. The fourth-order valence-corrected chi connectivity index (χ4v) is 1.01. The van der Waals surface area contributed by atoms with Crippen molar-refractivity contribution in [2.75, 3.05) is 25.2 Å². The van der Waals surface area contributed by atoms with E-state index in [1.807, 2.05) is 0 Å². The zero-order valence-corrected chi connectivity index (χ0v) is 7.84. The summed E-state index contributed by atoms with van der Waals surface area (Å²) in [6.45, 7) is -0.280. The monoisotopic (exact) mass is 202 g/mol. The normalized spacial score (nSPS) is 12.8. The van der Waals surface area contributed by atoms with Crippen LogP contribution >= 0.6 is 0 Å². The highest BCUT2D eigenvalue weighted by Gasteiger charge is 2.15. The van der Waals surface area contributed by atoms with E-state index in [1.54, 1.807) is 0 Å². The Morgan fingerprint density at radius 3 is 2.64 bits per heavy atom. The number of nitrogens with two attached hydrogens (primary N) is 2. The van der Waals surface area contributed by atoms with E-state index in [-0.39, 0.29) is 30.5 Å². The van der Waals surface area contributed by atoms with Crippen LogP contribution in [0.3, 0.4) is 0 Å². The Labute approximate surface area is 80.9 Å².